The molecule has 7 heteroatoms. The molecule has 0 bridgehead atoms. The summed E-state index contributed by atoms with van der Waals surface area (Å²) in [7, 11) is 0. The predicted octanol–water partition coefficient (Wildman–Crippen LogP) is 2.48. The van der Waals surface area contributed by atoms with Crippen LogP contribution in [0.4, 0.5) is 9.93 Å². The number of thiazole rings is 1. The van der Waals surface area contributed by atoms with Crippen LogP contribution in [0.25, 0.3) is 10.2 Å². The number of carbonyl (C=O) groups excluding carboxylic acids is 1. The fourth-order valence-corrected chi connectivity index (χ4v) is 4.27. The number of fused-ring (bicyclic) bond motifs is 1. The van der Waals surface area contributed by atoms with E-state index in [2.05, 4.69) is 15.2 Å². The summed E-state index contributed by atoms with van der Waals surface area (Å²) >= 11 is 1.52. The SMILES string of the molecule is O=C(Nc1nc2ccccc2s1)N1CCC(CN2CCOCC2)C1. The quantitative estimate of drug-likeness (QED) is 0.928. The van der Waals surface area contributed by atoms with Gasteiger partial charge in [-0.05, 0) is 24.5 Å². The van der Waals surface area contributed by atoms with Crippen LogP contribution >= 0.6 is 11.3 Å². The van der Waals surface area contributed by atoms with Crippen molar-refractivity contribution in [1.29, 1.82) is 0 Å². The Morgan fingerprint density at radius 2 is 2.12 bits per heavy atom. The molecule has 6 nitrogen and oxygen atoms in total. The first-order chi connectivity index (χ1) is 11.8. The maximum atomic E-state index is 12.5. The second-order valence-corrected chi connectivity index (χ2v) is 7.46. The number of anilines is 1. The van der Waals surface area contributed by atoms with Crippen molar-refractivity contribution in [2.45, 2.75) is 6.42 Å². The summed E-state index contributed by atoms with van der Waals surface area (Å²) in [6.07, 6.45) is 1.07. The summed E-state index contributed by atoms with van der Waals surface area (Å²) in [5, 5.41) is 3.64. The van der Waals surface area contributed by atoms with Gasteiger partial charge in [-0.15, -0.1) is 0 Å². The van der Waals surface area contributed by atoms with Crippen molar-refractivity contribution in [1.82, 2.24) is 14.8 Å². The van der Waals surface area contributed by atoms with E-state index in [4.69, 9.17) is 4.74 Å². The Labute approximate surface area is 145 Å². The van der Waals surface area contributed by atoms with Crippen LogP contribution in [-0.2, 0) is 4.74 Å². The first-order valence-corrected chi connectivity index (χ1v) is 9.31. The number of hydrogen-bond acceptors (Lipinski definition) is 5. The Balaban J connectivity index is 1.32. The van der Waals surface area contributed by atoms with Crippen molar-refractivity contribution in [3.05, 3.63) is 24.3 Å². The van der Waals surface area contributed by atoms with Crippen molar-refractivity contribution < 1.29 is 9.53 Å². The van der Waals surface area contributed by atoms with Crippen LogP contribution in [0.3, 0.4) is 0 Å². The lowest BCUT2D eigenvalue weighted by molar-refractivity contribution is 0.0314. The molecular formula is C17H22N4O2S. The number of carbonyl (C=O) groups is 1. The summed E-state index contributed by atoms with van der Waals surface area (Å²) in [5.41, 5.74) is 0.935. The number of nitrogens with one attached hydrogen (secondary N) is 1. The van der Waals surface area contributed by atoms with E-state index in [0.29, 0.717) is 11.0 Å². The summed E-state index contributed by atoms with van der Waals surface area (Å²) in [4.78, 5) is 21.3. The van der Waals surface area contributed by atoms with Crippen molar-refractivity contribution in [3.8, 4) is 0 Å². The van der Waals surface area contributed by atoms with Gasteiger partial charge in [-0.2, -0.15) is 0 Å². The molecule has 2 aromatic rings. The number of nitrogens with zero attached hydrogens (tertiary/aromatic N) is 3. The van der Waals surface area contributed by atoms with E-state index in [1.54, 1.807) is 0 Å². The molecule has 1 unspecified atom stereocenters. The molecule has 1 N–H and O–H groups in total. The smallest absolute Gasteiger partial charge is 0.323 e. The third-order valence-corrected chi connectivity index (χ3v) is 5.65. The molecule has 0 aliphatic carbocycles. The van der Waals surface area contributed by atoms with Crippen LogP contribution in [0.15, 0.2) is 24.3 Å². The van der Waals surface area contributed by atoms with E-state index in [1.807, 2.05) is 29.2 Å². The van der Waals surface area contributed by atoms with Gasteiger partial charge >= 0.3 is 6.03 Å². The summed E-state index contributed by atoms with van der Waals surface area (Å²) in [6, 6.07) is 7.92. The van der Waals surface area contributed by atoms with Crippen molar-refractivity contribution in [3.63, 3.8) is 0 Å². The van der Waals surface area contributed by atoms with E-state index in [0.717, 1.165) is 62.6 Å². The zero-order chi connectivity index (χ0) is 16.4. The average molecular weight is 346 g/mol. The molecule has 1 aromatic heterocycles. The van der Waals surface area contributed by atoms with Gasteiger partial charge in [0.25, 0.3) is 0 Å². The van der Waals surface area contributed by atoms with Gasteiger partial charge in [-0.3, -0.25) is 10.2 Å². The zero-order valence-corrected chi connectivity index (χ0v) is 14.4. The number of hydrogen-bond donors (Lipinski definition) is 1. The Hall–Kier alpha value is -1.70. The molecule has 2 aliphatic heterocycles. The van der Waals surface area contributed by atoms with Crippen LogP contribution in [-0.4, -0.2) is 66.8 Å². The zero-order valence-electron chi connectivity index (χ0n) is 13.6. The van der Waals surface area contributed by atoms with E-state index >= 15 is 0 Å². The number of urea groups is 1. The topological polar surface area (TPSA) is 57.7 Å². The number of likely N-dealkylation sites (tertiary alicyclic amines) is 1. The van der Waals surface area contributed by atoms with E-state index in [-0.39, 0.29) is 6.03 Å². The molecule has 4 rings (SSSR count). The van der Waals surface area contributed by atoms with Crippen LogP contribution in [0, 0.1) is 5.92 Å². The van der Waals surface area contributed by atoms with Gasteiger partial charge in [0, 0.05) is 32.7 Å². The molecule has 0 spiro atoms. The monoisotopic (exact) mass is 346 g/mol. The van der Waals surface area contributed by atoms with Gasteiger partial charge in [-0.1, -0.05) is 23.5 Å². The van der Waals surface area contributed by atoms with Gasteiger partial charge < -0.3 is 9.64 Å². The van der Waals surface area contributed by atoms with Crippen molar-refractivity contribution >= 4 is 32.7 Å². The molecule has 0 saturated carbocycles. The molecule has 1 aromatic carbocycles. The number of aromatic nitrogens is 1. The highest BCUT2D eigenvalue weighted by molar-refractivity contribution is 7.22. The average Bonchev–Trinajstić information content (AvgIpc) is 3.22. The van der Waals surface area contributed by atoms with Gasteiger partial charge in [-0.25, -0.2) is 9.78 Å². The van der Waals surface area contributed by atoms with Crippen LogP contribution in [0.5, 0.6) is 0 Å². The fourth-order valence-electron chi connectivity index (χ4n) is 3.41. The van der Waals surface area contributed by atoms with Crippen molar-refractivity contribution in [2.75, 3.05) is 51.3 Å². The molecule has 0 radical (unpaired) electrons. The minimum Gasteiger partial charge on any atom is -0.379 e. The third-order valence-electron chi connectivity index (χ3n) is 4.70. The molecule has 24 heavy (non-hydrogen) atoms. The third kappa shape index (κ3) is 3.53. The highest BCUT2D eigenvalue weighted by atomic mass is 32.1. The molecular weight excluding hydrogens is 324 g/mol. The predicted molar refractivity (Wildman–Crippen MR) is 95.6 cm³/mol. The highest BCUT2D eigenvalue weighted by Gasteiger charge is 2.28. The van der Waals surface area contributed by atoms with Crippen LogP contribution in [0.1, 0.15) is 6.42 Å². The molecule has 1 atom stereocenters. The summed E-state index contributed by atoms with van der Waals surface area (Å²) in [6.45, 7) is 6.39. The highest BCUT2D eigenvalue weighted by Crippen LogP contribution is 2.26. The minimum absolute atomic E-state index is 0.0291. The standard InChI is InChI=1S/C17H22N4O2S/c22-17(19-16-18-14-3-1-2-4-15(14)24-16)21-6-5-13(12-21)11-20-7-9-23-10-8-20/h1-4,13H,5-12H2,(H,18,19,22). The first kappa shape index (κ1) is 15.8. The number of morpholine rings is 1. The van der Waals surface area contributed by atoms with Gasteiger partial charge in [0.05, 0.1) is 23.4 Å². The Kier molecular flexibility index (Phi) is 4.64. The van der Waals surface area contributed by atoms with Gasteiger partial charge in [0.15, 0.2) is 5.13 Å². The largest absolute Gasteiger partial charge is 0.379 e. The van der Waals surface area contributed by atoms with E-state index in [9.17, 15) is 4.79 Å². The second-order valence-electron chi connectivity index (χ2n) is 6.43. The Morgan fingerprint density at radius 1 is 1.29 bits per heavy atom. The lowest BCUT2D eigenvalue weighted by atomic mass is 10.1. The molecule has 2 aliphatic rings. The van der Waals surface area contributed by atoms with Crippen LogP contribution < -0.4 is 5.32 Å². The molecule has 2 fully saturated rings. The normalized spacial score (nSPS) is 22.2. The summed E-state index contributed by atoms with van der Waals surface area (Å²) in [5.74, 6) is 0.559. The van der Waals surface area contributed by atoms with E-state index < -0.39 is 0 Å². The number of ether oxygens (including phenoxy) is 1. The van der Waals surface area contributed by atoms with Crippen LogP contribution in [0.2, 0.25) is 0 Å². The first-order valence-electron chi connectivity index (χ1n) is 8.49. The minimum atomic E-state index is -0.0291. The summed E-state index contributed by atoms with van der Waals surface area (Å²) < 4.78 is 6.49. The number of benzene rings is 1. The lowest BCUT2D eigenvalue weighted by Crippen LogP contribution is -2.40. The van der Waals surface area contributed by atoms with E-state index in [1.165, 1.54) is 11.3 Å². The second kappa shape index (κ2) is 7.04. The molecule has 3 heterocycles. The molecule has 2 amide bonds. The van der Waals surface area contributed by atoms with Crippen molar-refractivity contribution in [2.24, 2.45) is 5.92 Å². The molecule has 2 saturated heterocycles. The number of rotatable bonds is 3. The Morgan fingerprint density at radius 3 is 2.96 bits per heavy atom. The fraction of sp³-hybridized carbons (Fsp3) is 0.529. The van der Waals surface area contributed by atoms with Gasteiger partial charge in [0.1, 0.15) is 0 Å². The number of amides is 2. The lowest BCUT2D eigenvalue weighted by Gasteiger charge is -2.29. The molecule has 128 valence electrons. The van der Waals surface area contributed by atoms with Gasteiger partial charge in [0.2, 0.25) is 0 Å². The Bertz CT molecular complexity index is 680. The maximum absolute atomic E-state index is 12.5. The maximum Gasteiger partial charge on any atom is 0.323 e. The number of para-hydroxylation sites is 1.